The molecule has 0 aliphatic carbocycles. The van der Waals surface area contributed by atoms with E-state index in [4.69, 9.17) is 5.73 Å². The van der Waals surface area contributed by atoms with Gasteiger partial charge < -0.3 is 20.9 Å². The molecule has 0 aromatic rings. The molecule has 7 nitrogen and oxygen atoms in total. The monoisotopic (exact) mass is 366 g/mol. The lowest BCUT2D eigenvalue weighted by Crippen LogP contribution is -2.50. The molecule has 1 unspecified atom stereocenters. The number of hydrogen-bond donors (Lipinski definition) is 2. The number of amides is 3. The van der Waals surface area contributed by atoms with Crippen molar-refractivity contribution in [1.29, 1.82) is 0 Å². The first-order valence-electron chi connectivity index (χ1n) is 9.89. The van der Waals surface area contributed by atoms with Gasteiger partial charge in [-0.05, 0) is 37.5 Å². The maximum absolute atomic E-state index is 12.7. The largest absolute Gasteiger partial charge is 0.346 e. The summed E-state index contributed by atoms with van der Waals surface area (Å²) in [4.78, 5) is 40.6. The van der Waals surface area contributed by atoms with Crippen LogP contribution in [0.25, 0.3) is 0 Å². The van der Waals surface area contributed by atoms with Gasteiger partial charge in [0.2, 0.25) is 17.7 Å². The minimum Gasteiger partial charge on any atom is -0.346 e. The summed E-state index contributed by atoms with van der Waals surface area (Å²) in [7, 11) is 0. The number of hydrogen-bond acceptors (Lipinski definition) is 4. The Hall–Kier alpha value is -1.63. The number of carbonyl (C=O) groups is 3. The number of piperidine rings is 2. The Bertz CT molecular complexity index is 515. The molecule has 26 heavy (non-hydrogen) atoms. The van der Waals surface area contributed by atoms with Gasteiger partial charge in [0, 0.05) is 32.1 Å². The summed E-state index contributed by atoms with van der Waals surface area (Å²) in [5.74, 6) is 0.483. The summed E-state index contributed by atoms with van der Waals surface area (Å²) in [6.07, 6.45) is 3.69. The van der Waals surface area contributed by atoms with Gasteiger partial charge in [-0.25, -0.2) is 0 Å². The van der Waals surface area contributed by atoms with Crippen LogP contribution in [0.15, 0.2) is 0 Å². The van der Waals surface area contributed by atoms with Crippen LogP contribution >= 0.6 is 0 Å². The molecule has 148 valence electrons. The van der Waals surface area contributed by atoms with Crippen molar-refractivity contribution in [2.24, 2.45) is 23.5 Å². The molecule has 2 aliphatic heterocycles. The van der Waals surface area contributed by atoms with Gasteiger partial charge in [-0.15, -0.1) is 0 Å². The second-order valence-corrected chi connectivity index (χ2v) is 8.17. The summed E-state index contributed by atoms with van der Waals surface area (Å²) < 4.78 is 0. The smallest absolute Gasteiger partial charge is 0.241 e. The zero-order valence-corrected chi connectivity index (χ0v) is 16.4. The van der Waals surface area contributed by atoms with Gasteiger partial charge in [-0.1, -0.05) is 20.8 Å². The van der Waals surface area contributed by atoms with Crippen LogP contribution in [0.4, 0.5) is 0 Å². The standard InChI is InChI=1S/C19H34N4O3/c1-13(2)17(20)18(25)21-11-16(24)22-9-6-15(7-10-22)19(26)23-8-4-5-14(3)12-23/h13-15,17H,4-12,20H2,1-3H3,(H,21,25)/t14?,17-/m0/s1. The van der Waals surface area contributed by atoms with E-state index in [-0.39, 0.29) is 36.1 Å². The fourth-order valence-corrected chi connectivity index (χ4v) is 3.72. The number of carbonyl (C=O) groups excluding carboxylic acids is 3. The third-order valence-corrected chi connectivity index (χ3v) is 5.60. The highest BCUT2D eigenvalue weighted by Crippen LogP contribution is 2.23. The first kappa shape index (κ1) is 20.7. The molecule has 2 saturated heterocycles. The zero-order valence-electron chi connectivity index (χ0n) is 16.4. The molecule has 3 amide bonds. The van der Waals surface area contributed by atoms with Crippen LogP contribution in [0.2, 0.25) is 0 Å². The molecule has 0 spiro atoms. The third-order valence-electron chi connectivity index (χ3n) is 5.60. The quantitative estimate of drug-likeness (QED) is 0.744. The van der Waals surface area contributed by atoms with Crippen molar-refractivity contribution in [3.8, 4) is 0 Å². The van der Waals surface area contributed by atoms with Gasteiger partial charge in [0.15, 0.2) is 0 Å². The molecule has 0 bridgehead atoms. The van der Waals surface area contributed by atoms with E-state index in [1.165, 1.54) is 6.42 Å². The predicted octanol–water partition coefficient (Wildman–Crippen LogP) is 0.583. The lowest BCUT2D eigenvalue weighted by atomic mass is 9.92. The molecule has 0 saturated carbocycles. The van der Waals surface area contributed by atoms with Crippen molar-refractivity contribution in [3.05, 3.63) is 0 Å². The number of likely N-dealkylation sites (tertiary alicyclic amines) is 2. The average molecular weight is 367 g/mol. The van der Waals surface area contributed by atoms with Crippen molar-refractivity contribution in [2.75, 3.05) is 32.7 Å². The van der Waals surface area contributed by atoms with E-state index in [1.807, 2.05) is 18.7 Å². The van der Waals surface area contributed by atoms with E-state index in [9.17, 15) is 14.4 Å². The molecular weight excluding hydrogens is 332 g/mol. The van der Waals surface area contributed by atoms with Crippen LogP contribution in [0, 0.1) is 17.8 Å². The lowest BCUT2D eigenvalue weighted by molar-refractivity contribution is -0.142. The molecule has 0 radical (unpaired) electrons. The van der Waals surface area contributed by atoms with E-state index < -0.39 is 6.04 Å². The molecule has 2 fully saturated rings. The van der Waals surface area contributed by atoms with Crippen LogP contribution < -0.4 is 11.1 Å². The summed E-state index contributed by atoms with van der Waals surface area (Å²) in [5, 5.41) is 2.62. The lowest BCUT2D eigenvalue weighted by Gasteiger charge is -2.37. The van der Waals surface area contributed by atoms with Crippen molar-refractivity contribution in [2.45, 2.75) is 52.5 Å². The molecule has 2 aliphatic rings. The fraction of sp³-hybridized carbons (Fsp3) is 0.842. The second kappa shape index (κ2) is 9.35. The van der Waals surface area contributed by atoms with Crippen LogP contribution in [0.3, 0.4) is 0 Å². The predicted molar refractivity (Wildman–Crippen MR) is 100 cm³/mol. The van der Waals surface area contributed by atoms with E-state index in [0.29, 0.717) is 31.8 Å². The zero-order chi connectivity index (χ0) is 19.3. The van der Waals surface area contributed by atoms with Crippen LogP contribution in [0.5, 0.6) is 0 Å². The number of rotatable bonds is 5. The molecule has 2 heterocycles. The van der Waals surface area contributed by atoms with Crippen LogP contribution in [-0.2, 0) is 14.4 Å². The van der Waals surface area contributed by atoms with Crippen molar-refractivity contribution < 1.29 is 14.4 Å². The van der Waals surface area contributed by atoms with Gasteiger partial charge in [0.25, 0.3) is 0 Å². The Morgan fingerprint density at radius 3 is 2.31 bits per heavy atom. The minimum absolute atomic E-state index is 0.0216. The summed E-state index contributed by atoms with van der Waals surface area (Å²) in [6.45, 7) is 8.79. The minimum atomic E-state index is -0.599. The molecule has 2 atom stereocenters. The highest BCUT2D eigenvalue weighted by molar-refractivity contribution is 5.87. The van der Waals surface area contributed by atoms with Gasteiger partial charge in [-0.3, -0.25) is 14.4 Å². The molecule has 7 heteroatoms. The summed E-state index contributed by atoms with van der Waals surface area (Å²) in [5.41, 5.74) is 5.78. The Kier molecular flexibility index (Phi) is 7.43. The van der Waals surface area contributed by atoms with E-state index in [0.717, 1.165) is 19.5 Å². The first-order valence-corrected chi connectivity index (χ1v) is 9.89. The van der Waals surface area contributed by atoms with E-state index in [2.05, 4.69) is 12.2 Å². The molecular formula is C19H34N4O3. The Morgan fingerprint density at radius 1 is 1.08 bits per heavy atom. The third kappa shape index (κ3) is 5.43. The Morgan fingerprint density at radius 2 is 1.73 bits per heavy atom. The van der Waals surface area contributed by atoms with E-state index >= 15 is 0 Å². The number of nitrogens with zero attached hydrogens (tertiary/aromatic N) is 2. The SMILES string of the molecule is CC1CCCN(C(=O)C2CCN(C(=O)CNC(=O)[C@@H](N)C(C)C)CC2)C1. The highest BCUT2D eigenvalue weighted by Gasteiger charge is 2.31. The van der Waals surface area contributed by atoms with Gasteiger partial charge in [0.1, 0.15) is 0 Å². The fourth-order valence-electron chi connectivity index (χ4n) is 3.72. The average Bonchev–Trinajstić information content (AvgIpc) is 2.64. The van der Waals surface area contributed by atoms with Crippen molar-refractivity contribution in [1.82, 2.24) is 15.1 Å². The topological polar surface area (TPSA) is 95.7 Å². The van der Waals surface area contributed by atoms with Crippen molar-refractivity contribution >= 4 is 17.7 Å². The molecule has 2 rings (SSSR count). The number of nitrogens with one attached hydrogen (secondary N) is 1. The Labute approximate surface area is 156 Å². The first-order chi connectivity index (χ1) is 12.3. The van der Waals surface area contributed by atoms with Crippen molar-refractivity contribution in [3.63, 3.8) is 0 Å². The van der Waals surface area contributed by atoms with Gasteiger partial charge >= 0.3 is 0 Å². The number of nitrogens with two attached hydrogens (primary N) is 1. The summed E-state index contributed by atoms with van der Waals surface area (Å²) >= 11 is 0. The van der Waals surface area contributed by atoms with Gasteiger partial charge in [0.05, 0.1) is 12.6 Å². The maximum atomic E-state index is 12.7. The van der Waals surface area contributed by atoms with Gasteiger partial charge in [-0.2, -0.15) is 0 Å². The molecule has 3 N–H and O–H groups in total. The summed E-state index contributed by atoms with van der Waals surface area (Å²) in [6, 6.07) is -0.599. The molecule has 0 aromatic carbocycles. The van der Waals surface area contributed by atoms with Crippen LogP contribution in [-0.4, -0.2) is 66.3 Å². The Balaban J connectivity index is 1.74. The maximum Gasteiger partial charge on any atom is 0.241 e. The van der Waals surface area contributed by atoms with Crippen LogP contribution in [0.1, 0.15) is 46.5 Å². The van der Waals surface area contributed by atoms with E-state index in [1.54, 1.807) is 4.90 Å². The molecule has 0 aromatic heterocycles. The highest BCUT2D eigenvalue weighted by atomic mass is 16.2. The normalized spacial score (nSPS) is 23.0. The second-order valence-electron chi connectivity index (χ2n) is 8.17.